The molecule has 0 aliphatic heterocycles. The van der Waals surface area contributed by atoms with Crippen LogP contribution in [0, 0.1) is 0 Å². The number of ether oxygens (including phenoxy) is 2. The Kier molecular flexibility index (Phi) is 27.2. The summed E-state index contributed by atoms with van der Waals surface area (Å²) in [5, 5.41) is 45.5. The average Bonchev–Trinajstić information content (AvgIpc) is 2.10. The number of benzene rings is 4. The van der Waals surface area contributed by atoms with Crippen molar-refractivity contribution in [3.8, 4) is 23.0 Å². The Hall–Kier alpha value is -3.14. The molecule has 0 aromatic heterocycles. The van der Waals surface area contributed by atoms with Crippen molar-refractivity contribution in [3.05, 3.63) is 93.0 Å². The average molecular weight is 1320 g/mol. The van der Waals surface area contributed by atoms with Crippen molar-refractivity contribution in [2.75, 3.05) is 26.1 Å². The van der Waals surface area contributed by atoms with Crippen LogP contribution < -0.4 is 5.73 Å². The highest BCUT2D eigenvalue weighted by Gasteiger charge is 2.36. The first-order valence-corrected chi connectivity index (χ1v) is 34.3. The van der Waals surface area contributed by atoms with E-state index in [1.165, 1.54) is 14.2 Å². The van der Waals surface area contributed by atoms with E-state index in [4.69, 9.17) is 10.5 Å². The summed E-state index contributed by atoms with van der Waals surface area (Å²) in [4.78, 5) is 26.1. The van der Waals surface area contributed by atoms with Gasteiger partial charge in [0, 0.05) is 70.5 Å². The Morgan fingerprint density at radius 2 is 0.612 bits per heavy atom. The maximum absolute atomic E-state index is 11.6. The van der Waals surface area contributed by atoms with Gasteiger partial charge in [-0.3, -0.25) is 9.59 Å². The van der Waals surface area contributed by atoms with E-state index in [0.717, 1.165) is 89.8 Å². The van der Waals surface area contributed by atoms with Crippen molar-refractivity contribution in [2.24, 2.45) is 5.73 Å². The van der Waals surface area contributed by atoms with E-state index in [0.29, 0.717) is 36.0 Å². The summed E-state index contributed by atoms with van der Waals surface area (Å²) >= 11 is 10.2. The summed E-state index contributed by atoms with van der Waals surface area (Å²) < 4.78 is 8.59. The van der Waals surface area contributed by atoms with Crippen molar-refractivity contribution < 1.29 is 39.5 Å². The number of carbonyl (C=O) groups excluding carboxylic acids is 2. The second kappa shape index (κ2) is 29.7. The number of rotatable bonds is 18. The van der Waals surface area contributed by atoms with E-state index in [2.05, 4.69) is 249 Å². The smallest absolute Gasteiger partial charge is 0.316 e. The third-order valence-corrected chi connectivity index (χ3v) is 20.2. The molecule has 6 N–H and O–H groups in total. The molecule has 85 heavy (non-hydrogen) atoms. The second-order valence-corrected chi connectivity index (χ2v) is 38.8. The van der Waals surface area contributed by atoms with Gasteiger partial charge in [-0.25, -0.2) is 0 Å². The van der Waals surface area contributed by atoms with Crippen LogP contribution in [0.25, 0.3) is 0 Å². The van der Waals surface area contributed by atoms with Crippen molar-refractivity contribution in [3.63, 3.8) is 0 Å². The molecule has 0 amide bonds. The zero-order chi connectivity index (χ0) is 66.2. The topological polar surface area (TPSA) is 160 Å². The first-order chi connectivity index (χ1) is 38.2. The zero-order valence-electron chi connectivity index (χ0n) is 57.6. The number of thioether (sulfide) groups is 4. The fraction of sp³-hybridized carbons (Fsp3) is 0.634. The molecule has 0 saturated heterocycles. The summed E-state index contributed by atoms with van der Waals surface area (Å²) in [5.41, 5.74) is 12.0. The Morgan fingerprint density at radius 1 is 0.388 bits per heavy atom. The standard InChI is InChI=1S/C36H56O4S2.C32H51NO2S2.C3H5BrO2/c1-32(2,3)25-19-23(20-26(30(25)38)33(4,5)6)41-36(12,13)42-24-21-27(34(7,8)9)31(39)28(22-24)35(10,11)18-16-15-17-29(37)40-14;1-28(2,3)22-16-20(17-23(26(22)34)29(4,5)6)36-32(12,13)37-21-18-24(30(7,8)9)27(35)25(19-21)31(10,11)14-15-33;1-6-3(5)2-4/h19-22,38-39H,15-18H2,1-14H3;16-19,34-35H,14-15,33H2,1-13H3;2H2,1H3. The van der Waals surface area contributed by atoms with Gasteiger partial charge in [-0.05, 0) is 145 Å². The minimum Gasteiger partial charge on any atom is -0.507 e. The fourth-order valence-corrected chi connectivity index (χ4v) is 15.3. The molecule has 4 rings (SSSR count). The van der Waals surface area contributed by atoms with Crippen molar-refractivity contribution >= 4 is 74.9 Å². The van der Waals surface area contributed by atoms with Crippen molar-refractivity contribution in [1.82, 2.24) is 0 Å². The molecule has 4 aromatic carbocycles. The molecular formula is C71H112BrNO8S4. The van der Waals surface area contributed by atoms with Gasteiger partial charge in [0.25, 0.3) is 0 Å². The minimum absolute atomic E-state index is 0.167. The van der Waals surface area contributed by atoms with E-state index < -0.39 is 0 Å². The number of hydrogen-bond acceptors (Lipinski definition) is 13. The van der Waals surface area contributed by atoms with E-state index in [-0.39, 0.29) is 68.7 Å². The highest BCUT2D eigenvalue weighted by atomic mass is 79.9. The summed E-state index contributed by atoms with van der Waals surface area (Å²) in [6.45, 7) is 56.9. The third-order valence-electron chi connectivity index (χ3n) is 14.9. The van der Waals surface area contributed by atoms with Gasteiger partial charge in [0.2, 0.25) is 0 Å². The van der Waals surface area contributed by atoms with Crippen LogP contribution in [0.2, 0.25) is 0 Å². The lowest BCUT2D eigenvalue weighted by atomic mass is 9.76. The molecule has 0 aliphatic rings. The maximum atomic E-state index is 11.6. The summed E-state index contributed by atoms with van der Waals surface area (Å²) in [7, 11) is 2.78. The summed E-state index contributed by atoms with van der Waals surface area (Å²) in [5.74, 6) is 1.16. The minimum atomic E-state index is -0.270. The maximum Gasteiger partial charge on any atom is 0.316 e. The van der Waals surface area contributed by atoms with Gasteiger partial charge in [0.1, 0.15) is 28.3 Å². The number of methoxy groups -OCH3 is 2. The molecule has 480 valence electrons. The van der Waals surface area contributed by atoms with Crippen LogP contribution in [0.3, 0.4) is 0 Å². The predicted octanol–water partition coefficient (Wildman–Crippen LogP) is 20.4. The number of phenols is 4. The molecule has 0 fully saturated rings. The molecule has 0 unspecified atom stereocenters. The normalized spacial score (nSPS) is 13.2. The molecule has 0 heterocycles. The molecule has 9 nitrogen and oxygen atoms in total. The van der Waals surface area contributed by atoms with Crippen molar-refractivity contribution in [1.29, 1.82) is 0 Å². The van der Waals surface area contributed by atoms with Gasteiger partial charge in [-0.2, -0.15) is 0 Å². The number of carbonyl (C=O) groups is 2. The number of nitrogens with two attached hydrogens (primary N) is 1. The molecule has 0 spiro atoms. The third kappa shape index (κ3) is 23.3. The largest absolute Gasteiger partial charge is 0.507 e. The Bertz CT molecular complexity index is 2830. The van der Waals surface area contributed by atoms with E-state index in [1.54, 1.807) is 11.8 Å². The van der Waals surface area contributed by atoms with Crippen LogP contribution in [-0.2, 0) is 62.4 Å². The molecule has 14 heteroatoms. The monoisotopic (exact) mass is 1310 g/mol. The van der Waals surface area contributed by atoms with Crippen LogP contribution >= 0.6 is 63.0 Å². The molecule has 0 radical (unpaired) electrons. The predicted molar refractivity (Wildman–Crippen MR) is 372 cm³/mol. The highest BCUT2D eigenvalue weighted by molar-refractivity contribution is 9.09. The fourth-order valence-electron chi connectivity index (χ4n) is 9.93. The van der Waals surface area contributed by atoms with Crippen LogP contribution in [0.4, 0.5) is 0 Å². The number of alkyl halides is 1. The zero-order valence-corrected chi connectivity index (χ0v) is 62.4. The number of unbranched alkanes of at least 4 members (excludes halogenated alkanes) is 1. The van der Waals surface area contributed by atoms with Gasteiger partial charge in [-0.1, -0.05) is 175 Å². The molecule has 0 aliphatic carbocycles. The lowest BCUT2D eigenvalue weighted by Gasteiger charge is -2.32. The number of esters is 2. The first-order valence-electron chi connectivity index (χ1n) is 29.9. The lowest BCUT2D eigenvalue weighted by molar-refractivity contribution is -0.141. The number of hydrogen-bond donors (Lipinski definition) is 5. The van der Waals surface area contributed by atoms with Gasteiger partial charge in [0.15, 0.2) is 0 Å². The van der Waals surface area contributed by atoms with E-state index in [1.807, 2.05) is 35.3 Å². The Labute approximate surface area is 541 Å². The Balaban J connectivity index is 0.000000532. The van der Waals surface area contributed by atoms with E-state index in [9.17, 15) is 30.0 Å². The molecule has 0 saturated carbocycles. The second-order valence-electron chi connectivity index (χ2n) is 31.0. The quantitative estimate of drug-likeness (QED) is 0.0211. The lowest BCUT2D eigenvalue weighted by Crippen LogP contribution is -2.24. The van der Waals surface area contributed by atoms with Gasteiger partial charge < -0.3 is 35.6 Å². The summed E-state index contributed by atoms with van der Waals surface area (Å²) in [6.07, 6.45) is 3.71. The van der Waals surface area contributed by atoms with Crippen molar-refractivity contribution in [2.45, 2.75) is 283 Å². The SMILES string of the molecule is CC(C)(Sc1cc(C(C)(C)C)c(O)c(C(C)(C)C)c1)Sc1cc(C(C)(C)C)c(O)c(C(C)(C)CCN)c1.COC(=O)CBr.COC(=O)CCCCC(C)(C)c1cc(SC(C)(C)Sc2cc(C(C)(C)C)c(O)c(C(C)(C)C)c2)cc(C(C)(C)C)c1O. The van der Waals surface area contributed by atoms with Crippen LogP contribution in [0.1, 0.15) is 257 Å². The first kappa shape index (κ1) is 78.0. The van der Waals surface area contributed by atoms with Gasteiger partial charge in [-0.15, -0.1) is 47.0 Å². The number of phenolic OH excluding ortho intramolecular Hbond substituents is 4. The van der Waals surface area contributed by atoms with Gasteiger partial charge >= 0.3 is 11.9 Å². The number of aromatic hydroxyl groups is 4. The molecule has 0 bridgehead atoms. The molecular weight excluding hydrogens is 1200 g/mol. The van der Waals surface area contributed by atoms with Crippen LogP contribution in [0.5, 0.6) is 23.0 Å². The van der Waals surface area contributed by atoms with Crippen LogP contribution in [-0.4, -0.2) is 66.6 Å². The molecule has 4 aromatic rings. The molecule has 0 atom stereocenters. The summed E-state index contributed by atoms with van der Waals surface area (Å²) in [6, 6.07) is 17.2. The highest BCUT2D eigenvalue weighted by Crippen LogP contribution is 2.54. The van der Waals surface area contributed by atoms with E-state index >= 15 is 0 Å². The number of halogens is 1. The Morgan fingerprint density at radius 3 is 0.812 bits per heavy atom. The van der Waals surface area contributed by atoms with Crippen LogP contribution in [0.15, 0.2) is 68.1 Å². The van der Waals surface area contributed by atoms with Gasteiger partial charge in [0.05, 0.1) is 22.4 Å².